The first-order chi connectivity index (χ1) is 60.2. The van der Waals surface area contributed by atoms with E-state index in [-0.39, 0.29) is 29.7 Å². The average Bonchev–Trinajstić information content (AvgIpc) is 1.59. The van der Waals surface area contributed by atoms with Crippen molar-refractivity contribution in [2.45, 2.75) is 85.1 Å². The summed E-state index contributed by atoms with van der Waals surface area (Å²) in [5, 5.41) is 17.3. The Balaban J connectivity index is 0.000000126. The molecule has 127 heavy (non-hydrogen) atoms. The Morgan fingerprint density at radius 2 is 0.283 bits per heavy atom. The van der Waals surface area contributed by atoms with Crippen LogP contribution < -0.4 is 0 Å². The van der Waals surface area contributed by atoms with Crippen LogP contribution in [0.25, 0.3) is 209 Å². The van der Waals surface area contributed by atoms with Gasteiger partial charge in [0.05, 0.1) is 44.1 Å². The summed E-state index contributed by atoms with van der Waals surface area (Å²) < 4.78 is 27.7. The maximum Gasteiger partial charge on any atom is 0.135 e. The molecule has 25 aromatic rings. The van der Waals surface area contributed by atoms with Crippen molar-refractivity contribution in [1.82, 2.24) is 18.3 Å². The van der Waals surface area contributed by atoms with Crippen molar-refractivity contribution in [2.24, 2.45) is 0 Å². The minimum Gasteiger partial charge on any atom is -0.456 e. The Labute approximate surface area is 741 Å². The molecule has 0 fully saturated rings. The number of aromatic nitrogens is 4. The highest BCUT2D eigenvalue weighted by Crippen LogP contribution is 2.44. The van der Waals surface area contributed by atoms with E-state index in [0.29, 0.717) is 0 Å². The normalized spacial score (nSPS) is 11.4. The minimum absolute atomic E-state index is 0. The summed E-state index contributed by atoms with van der Waals surface area (Å²) in [4.78, 5) is 0. The molecule has 0 aliphatic rings. The molecule has 0 spiro atoms. The Morgan fingerprint density at radius 1 is 0.142 bits per heavy atom. The number of aryl methyl sites for hydroxylation is 8. The van der Waals surface area contributed by atoms with Crippen LogP contribution in [-0.2, 0) is 0 Å². The van der Waals surface area contributed by atoms with Crippen molar-refractivity contribution in [3.63, 3.8) is 0 Å². The van der Waals surface area contributed by atoms with E-state index >= 15 is 0 Å². The van der Waals surface area contributed by atoms with Gasteiger partial charge in [-0.2, -0.15) is 0 Å². The van der Waals surface area contributed by atoms with Gasteiger partial charge in [-0.1, -0.05) is 232 Å². The molecule has 0 radical (unpaired) electrons. The molecule has 7 heterocycles. The molecule has 0 saturated heterocycles. The zero-order valence-corrected chi connectivity index (χ0v) is 69.8. The summed E-state index contributed by atoms with van der Waals surface area (Å²) in [6.07, 6.45) is 0. The third-order valence-electron chi connectivity index (χ3n) is 24.8. The predicted molar refractivity (Wildman–Crippen MR) is 546 cm³/mol. The average molecular weight is 1650 g/mol. The number of benzene rings is 18. The van der Waals surface area contributed by atoms with Gasteiger partial charge in [0.25, 0.3) is 0 Å². The third kappa shape index (κ3) is 14.6. The smallest absolute Gasteiger partial charge is 0.135 e. The molecule has 0 N–H and O–H groups in total. The maximum atomic E-state index is 6.41. The SMILES string of the molecule is C.C.C.C.Cc1ccc2c(c1)c1cc(-c3ccc4oc5ccc(-c6ccc7c(c6)c6cc(C)ccc6n7-c6ccccc6)cc5c4c3)ccc1n2-c1ccccc1.Cc1ccc2c(c1)c1cc(C)ccc1n2-c1ccccc1.Cc1ccc2oc3ccc(-c4ccc5c(c4)c4cc(C)ccc4n5-c4ccccc4)cc3c2c1.Cc1ccc2oc3ccc(C)cc3c2c1. The number of nitrogens with zero attached hydrogens (tertiary/aromatic N) is 4. The summed E-state index contributed by atoms with van der Waals surface area (Å²) >= 11 is 0. The second kappa shape index (κ2) is 33.3. The van der Waals surface area contributed by atoms with E-state index < -0.39 is 0 Å². The van der Waals surface area contributed by atoms with Crippen molar-refractivity contribution < 1.29 is 13.3 Å². The van der Waals surface area contributed by atoms with Crippen LogP contribution in [0.1, 0.15) is 74.2 Å². The van der Waals surface area contributed by atoms with Crippen molar-refractivity contribution in [1.29, 1.82) is 0 Å². The van der Waals surface area contributed by atoms with Crippen LogP contribution in [-0.4, -0.2) is 18.3 Å². The van der Waals surface area contributed by atoms with Crippen molar-refractivity contribution >= 4 is 153 Å². The number of hydrogen-bond acceptors (Lipinski definition) is 3. The summed E-state index contributed by atoms with van der Waals surface area (Å²) in [6, 6.07) is 136. The van der Waals surface area contributed by atoms with Crippen LogP contribution in [0.4, 0.5) is 0 Å². The monoisotopic (exact) mass is 1650 g/mol. The predicted octanol–water partition coefficient (Wildman–Crippen LogP) is 34.8. The minimum atomic E-state index is 0. The number of hydrogen-bond donors (Lipinski definition) is 0. The van der Waals surface area contributed by atoms with Gasteiger partial charge in [-0.25, -0.2) is 0 Å². The fourth-order valence-electron chi connectivity index (χ4n) is 18.8. The van der Waals surface area contributed by atoms with Crippen molar-refractivity contribution in [3.8, 4) is 56.1 Å². The molecule has 0 bridgehead atoms. The molecular weight excluding hydrogens is 1550 g/mol. The lowest BCUT2D eigenvalue weighted by Gasteiger charge is -2.08. The van der Waals surface area contributed by atoms with E-state index in [2.05, 4.69) is 438 Å². The van der Waals surface area contributed by atoms with E-state index in [1.165, 1.54) is 209 Å². The van der Waals surface area contributed by atoms with Gasteiger partial charge in [0, 0.05) is 98.2 Å². The highest BCUT2D eigenvalue weighted by molar-refractivity contribution is 6.16. The number of fused-ring (bicyclic) bond motifs is 21. The molecule has 7 nitrogen and oxygen atoms in total. The molecule has 0 aliphatic heterocycles. The lowest BCUT2D eigenvalue weighted by molar-refractivity contribution is 0.668. The van der Waals surface area contributed by atoms with Gasteiger partial charge in [-0.15, -0.1) is 0 Å². The van der Waals surface area contributed by atoms with Crippen LogP contribution in [0.2, 0.25) is 0 Å². The first-order valence-corrected chi connectivity index (χ1v) is 42.4. The van der Waals surface area contributed by atoms with Crippen LogP contribution in [0.5, 0.6) is 0 Å². The lowest BCUT2D eigenvalue weighted by Crippen LogP contribution is -1.93. The molecule has 0 unspecified atom stereocenters. The number of para-hydroxylation sites is 4. The van der Waals surface area contributed by atoms with Gasteiger partial charge in [-0.05, 0) is 307 Å². The lowest BCUT2D eigenvalue weighted by atomic mass is 9.98. The largest absolute Gasteiger partial charge is 0.456 e. The Morgan fingerprint density at radius 3 is 0.488 bits per heavy atom. The first-order valence-electron chi connectivity index (χ1n) is 42.4. The number of rotatable bonds is 7. The molecule has 18 aromatic carbocycles. The van der Waals surface area contributed by atoms with Crippen LogP contribution in [0.3, 0.4) is 0 Å². The standard InChI is InChI=1S/C50H34N2O.C32H23NO.C20H17N.C14H12O.4CH4/c1-31-13-19-45-39(25-31)41-27-33(15-21-47(41)51(45)37-9-5-3-6-10-37)35-17-23-49-43(29-35)44-30-36(18-24-50(44)53-49)34-16-22-48-42(28-34)40-26-32(2)14-20-46(40)52(48)38-11-7-4-8-12-38;1-20-8-12-29-25(16-20)26-18-22(10-13-30(26)33(29)24-6-4-3-5-7-24)23-11-15-32-28(19-23)27-17-21(2)9-14-31(27)34-32;1-14-8-10-19-17(12-14)18-13-15(2)9-11-20(18)21(19)16-6-4-3-5-7-16;1-9-3-5-13-11(7-9)12-8-10(2)4-6-14(12)15-13;;;;/h3-30H,1-2H3;3-19H,1-2H3;3-13H,1-2H3;3-8H,1-2H3;4*1H4. The molecular formula is C120H102N4O3. The quantitative estimate of drug-likeness (QED) is 0.160. The van der Waals surface area contributed by atoms with Crippen LogP contribution in [0.15, 0.2) is 389 Å². The Kier molecular flexibility index (Phi) is 21.6. The van der Waals surface area contributed by atoms with E-state index in [4.69, 9.17) is 13.3 Å². The van der Waals surface area contributed by atoms with E-state index in [0.717, 1.165) is 44.3 Å². The van der Waals surface area contributed by atoms with E-state index in [1.54, 1.807) is 0 Å². The second-order valence-corrected chi connectivity index (χ2v) is 33.4. The van der Waals surface area contributed by atoms with Gasteiger partial charge >= 0.3 is 0 Å². The van der Waals surface area contributed by atoms with Gasteiger partial charge in [0.1, 0.15) is 33.5 Å². The molecule has 0 amide bonds. The molecule has 0 saturated carbocycles. The van der Waals surface area contributed by atoms with Crippen LogP contribution >= 0.6 is 0 Å². The molecule has 7 heteroatoms. The zero-order chi connectivity index (χ0) is 82.8. The summed E-state index contributed by atoms with van der Waals surface area (Å²) in [7, 11) is 0. The fraction of sp³-hybridized carbons (Fsp3) is 0.100. The molecule has 0 atom stereocenters. The molecule has 620 valence electrons. The second-order valence-electron chi connectivity index (χ2n) is 33.4. The Bertz CT molecular complexity index is 8180. The molecule has 0 aliphatic carbocycles. The van der Waals surface area contributed by atoms with Gasteiger partial charge in [0.2, 0.25) is 0 Å². The zero-order valence-electron chi connectivity index (χ0n) is 69.8. The van der Waals surface area contributed by atoms with E-state index in [9.17, 15) is 0 Å². The van der Waals surface area contributed by atoms with E-state index in [1.807, 2.05) is 12.1 Å². The van der Waals surface area contributed by atoms with Crippen molar-refractivity contribution in [3.05, 3.63) is 421 Å². The summed E-state index contributed by atoms with van der Waals surface area (Å²) in [5.74, 6) is 0. The Hall–Kier alpha value is -15.4. The van der Waals surface area contributed by atoms with Gasteiger partial charge in [0.15, 0.2) is 0 Å². The summed E-state index contributed by atoms with van der Waals surface area (Å²) in [6.45, 7) is 17.1. The number of furan rings is 3. The van der Waals surface area contributed by atoms with Crippen molar-refractivity contribution in [2.75, 3.05) is 0 Å². The highest BCUT2D eigenvalue weighted by Gasteiger charge is 2.21. The fourth-order valence-corrected chi connectivity index (χ4v) is 18.8. The molecule has 25 rings (SSSR count). The van der Waals surface area contributed by atoms with Gasteiger partial charge < -0.3 is 31.5 Å². The highest BCUT2D eigenvalue weighted by atomic mass is 16.3. The topological polar surface area (TPSA) is 59.1 Å². The molecule has 7 aromatic heterocycles. The summed E-state index contributed by atoms with van der Waals surface area (Å²) in [5.41, 5.74) is 37.5. The maximum absolute atomic E-state index is 6.41. The van der Waals surface area contributed by atoms with Gasteiger partial charge in [-0.3, -0.25) is 0 Å². The third-order valence-corrected chi connectivity index (χ3v) is 24.8. The van der Waals surface area contributed by atoms with Crippen LogP contribution in [0, 0.1) is 55.4 Å². The first kappa shape index (κ1) is 82.5.